The highest BCUT2D eigenvalue weighted by Gasteiger charge is 2.36. The molecule has 0 aliphatic carbocycles. The first kappa shape index (κ1) is 11.3. The Hall–Kier alpha value is -1.16. The lowest BCUT2D eigenvalue weighted by Crippen LogP contribution is -2.40. The van der Waals surface area contributed by atoms with Crippen LogP contribution in [0.2, 0.25) is 0 Å². The summed E-state index contributed by atoms with van der Waals surface area (Å²) in [6, 6.07) is 1.83. The van der Waals surface area contributed by atoms with E-state index in [0.717, 1.165) is 38.2 Å². The van der Waals surface area contributed by atoms with Gasteiger partial charge in [0.15, 0.2) is 5.78 Å². The van der Waals surface area contributed by atoms with E-state index in [2.05, 4.69) is 17.3 Å². The van der Waals surface area contributed by atoms with Crippen molar-refractivity contribution in [3.05, 3.63) is 18.0 Å². The number of ketones is 1. The van der Waals surface area contributed by atoms with E-state index in [0.29, 0.717) is 0 Å². The average molecular weight is 221 g/mol. The Bertz CT molecular complexity index is 377. The number of aromatic nitrogens is 2. The minimum Gasteiger partial charge on any atom is -0.317 e. The molecule has 1 aliphatic rings. The van der Waals surface area contributed by atoms with E-state index >= 15 is 0 Å². The van der Waals surface area contributed by atoms with E-state index in [1.165, 1.54) is 0 Å². The van der Waals surface area contributed by atoms with Crippen LogP contribution in [0.5, 0.6) is 0 Å². The van der Waals surface area contributed by atoms with Crippen LogP contribution < -0.4 is 5.32 Å². The Labute approximate surface area is 96.0 Å². The molecule has 1 aromatic heterocycles. The molecule has 2 heterocycles. The Morgan fingerprint density at radius 1 is 1.56 bits per heavy atom. The average Bonchev–Trinajstić information content (AvgIpc) is 2.77. The zero-order valence-electron chi connectivity index (χ0n) is 9.99. The second kappa shape index (κ2) is 4.37. The van der Waals surface area contributed by atoms with E-state index in [1.54, 1.807) is 10.9 Å². The van der Waals surface area contributed by atoms with Gasteiger partial charge in [-0.3, -0.25) is 9.48 Å². The fraction of sp³-hybridized carbons (Fsp3) is 0.667. The maximum Gasteiger partial charge on any atom is 0.186 e. The third-order valence-corrected chi connectivity index (χ3v) is 3.50. The van der Waals surface area contributed by atoms with Crippen molar-refractivity contribution in [2.75, 3.05) is 13.1 Å². The lowest BCUT2D eigenvalue weighted by atomic mass is 9.76. The summed E-state index contributed by atoms with van der Waals surface area (Å²) in [5.74, 6) is 0.244. The van der Waals surface area contributed by atoms with Gasteiger partial charge in [0, 0.05) is 18.2 Å². The molecular weight excluding hydrogens is 202 g/mol. The van der Waals surface area contributed by atoms with Gasteiger partial charge in [-0.15, -0.1) is 0 Å². The molecule has 0 atom stereocenters. The zero-order chi connectivity index (χ0) is 11.6. The van der Waals surface area contributed by atoms with Gasteiger partial charge in [-0.25, -0.2) is 0 Å². The third kappa shape index (κ3) is 1.89. The SMILES string of the molecule is CCn1nccc1C(=O)C1(C)CCNCC1. The van der Waals surface area contributed by atoms with Crippen molar-refractivity contribution in [1.29, 1.82) is 0 Å². The monoisotopic (exact) mass is 221 g/mol. The lowest BCUT2D eigenvalue weighted by Gasteiger charge is -2.32. The van der Waals surface area contributed by atoms with Crippen molar-refractivity contribution >= 4 is 5.78 Å². The highest BCUT2D eigenvalue weighted by molar-refractivity contribution is 5.98. The largest absolute Gasteiger partial charge is 0.317 e. The summed E-state index contributed by atoms with van der Waals surface area (Å²) in [6.45, 7) is 6.70. The van der Waals surface area contributed by atoms with Gasteiger partial charge in [0.2, 0.25) is 0 Å². The van der Waals surface area contributed by atoms with E-state index in [9.17, 15) is 4.79 Å². The lowest BCUT2D eigenvalue weighted by molar-refractivity contribution is 0.0750. The maximum atomic E-state index is 12.5. The smallest absolute Gasteiger partial charge is 0.186 e. The summed E-state index contributed by atoms with van der Waals surface area (Å²) in [4.78, 5) is 12.5. The van der Waals surface area contributed by atoms with Crippen LogP contribution in [-0.2, 0) is 6.54 Å². The number of rotatable bonds is 3. The molecule has 0 aromatic carbocycles. The van der Waals surface area contributed by atoms with Crippen LogP contribution in [0.15, 0.2) is 12.3 Å². The Morgan fingerprint density at radius 3 is 2.88 bits per heavy atom. The summed E-state index contributed by atoms with van der Waals surface area (Å²) in [6.07, 6.45) is 3.54. The number of Topliss-reactive ketones (excluding diaryl/α,β-unsaturated/α-hetero) is 1. The Kier molecular flexibility index (Phi) is 3.10. The summed E-state index contributed by atoms with van der Waals surface area (Å²) in [5, 5.41) is 7.46. The summed E-state index contributed by atoms with van der Waals surface area (Å²) in [5.41, 5.74) is 0.546. The first-order valence-electron chi connectivity index (χ1n) is 5.95. The third-order valence-electron chi connectivity index (χ3n) is 3.50. The van der Waals surface area contributed by atoms with Crippen molar-refractivity contribution in [1.82, 2.24) is 15.1 Å². The van der Waals surface area contributed by atoms with Gasteiger partial charge in [-0.1, -0.05) is 6.92 Å². The number of nitrogens with zero attached hydrogens (tertiary/aromatic N) is 2. The zero-order valence-corrected chi connectivity index (χ0v) is 9.99. The second-order valence-electron chi connectivity index (χ2n) is 4.67. The van der Waals surface area contributed by atoms with Crippen molar-refractivity contribution < 1.29 is 4.79 Å². The van der Waals surface area contributed by atoms with Gasteiger partial charge in [-0.2, -0.15) is 5.10 Å². The fourth-order valence-corrected chi connectivity index (χ4v) is 2.29. The molecule has 0 amide bonds. The topological polar surface area (TPSA) is 46.9 Å². The molecule has 2 rings (SSSR count). The summed E-state index contributed by atoms with van der Waals surface area (Å²) >= 11 is 0. The predicted octanol–water partition coefficient (Wildman–Crippen LogP) is 1.48. The van der Waals surface area contributed by atoms with Crippen LogP contribution in [0, 0.1) is 5.41 Å². The number of aryl methyl sites for hydroxylation is 1. The van der Waals surface area contributed by atoms with Crippen molar-refractivity contribution in [3.63, 3.8) is 0 Å². The van der Waals surface area contributed by atoms with Crippen LogP contribution in [0.1, 0.15) is 37.2 Å². The highest BCUT2D eigenvalue weighted by atomic mass is 16.1. The van der Waals surface area contributed by atoms with Gasteiger partial charge in [0.25, 0.3) is 0 Å². The van der Waals surface area contributed by atoms with Gasteiger partial charge in [0.05, 0.1) is 0 Å². The van der Waals surface area contributed by atoms with Crippen molar-refractivity contribution in [3.8, 4) is 0 Å². The number of carbonyl (C=O) groups is 1. The molecule has 1 saturated heterocycles. The van der Waals surface area contributed by atoms with Crippen molar-refractivity contribution in [2.24, 2.45) is 5.41 Å². The van der Waals surface area contributed by atoms with E-state index in [1.807, 2.05) is 13.0 Å². The molecule has 88 valence electrons. The van der Waals surface area contributed by atoms with Gasteiger partial charge >= 0.3 is 0 Å². The molecule has 0 bridgehead atoms. The molecule has 4 heteroatoms. The minimum absolute atomic E-state index is 0.210. The molecule has 0 unspecified atom stereocenters. The highest BCUT2D eigenvalue weighted by Crippen LogP contribution is 2.31. The van der Waals surface area contributed by atoms with Gasteiger partial charge in [0.1, 0.15) is 5.69 Å². The molecular formula is C12H19N3O. The standard InChI is InChI=1S/C12H19N3O/c1-3-15-10(4-7-14-15)11(16)12(2)5-8-13-9-6-12/h4,7,13H,3,5-6,8-9H2,1-2H3. The van der Waals surface area contributed by atoms with Crippen LogP contribution in [0.4, 0.5) is 0 Å². The fourth-order valence-electron chi connectivity index (χ4n) is 2.29. The molecule has 1 aliphatic heterocycles. The molecule has 16 heavy (non-hydrogen) atoms. The first-order chi connectivity index (χ1) is 7.67. The normalized spacial score (nSPS) is 19.6. The van der Waals surface area contributed by atoms with E-state index < -0.39 is 0 Å². The van der Waals surface area contributed by atoms with E-state index in [-0.39, 0.29) is 11.2 Å². The minimum atomic E-state index is -0.210. The Balaban J connectivity index is 2.24. The van der Waals surface area contributed by atoms with Crippen molar-refractivity contribution in [2.45, 2.75) is 33.2 Å². The maximum absolute atomic E-state index is 12.5. The number of hydrogen-bond donors (Lipinski definition) is 1. The van der Waals surface area contributed by atoms with Gasteiger partial charge in [-0.05, 0) is 38.9 Å². The van der Waals surface area contributed by atoms with Crippen LogP contribution >= 0.6 is 0 Å². The quantitative estimate of drug-likeness (QED) is 0.786. The number of hydrogen-bond acceptors (Lipinski definition) is 3. The molecule has 1 fully saturated rings. The molecule has 0 spiro atoms. The molecule has 4 nitrogen and oxygen atoms in total. The molecule has 1 aromatic rings. The Morgan fingerprint density at radius 2 is 2.25 bits per heavy atom. The van der Waals surface area contributed by atoms with Gasteiger partial charge < -0.3 is 5.32 Å². The van der Waals surface area contributed by atoms with Crippen LogP contribution in [0.3, 0.4) is 0 Å². The van der Waals surface area contributed by atoms with Crippen LogP contribution in [0.25, 0.3) is 0 Å². The molecule has 0 radical (unpaired) electrons. The van der Waals surface area contributed by atoms with Crippen LogP contribution in [-0.4, -0.2) is 28.7 Å². The second-order valence-corrected chi connectivity index (χ2v) is 4.67. The number of nitrogens with one attached hydrogen (secondary N) is 1. The molecule has 1 N–H and O–H groups in total. The predicted molar refractivity (Wildman–Crippen MR) is 62.4 cm³/mol. The van der Waals surface area contributed by atoms with E-state index in [4.69, 9.17) is 0 Å². The molecule has 0 saturated carbocycles. The summed E-state index contributed by atoms with van der Waals surface area (Å²) < 4.78 is 1.79. The number of piperidine rings is 1. The summed E-state index contributed by atoms with van der Waals surface area (Å²) in [7, 11) is 0. The number of carbonyl (C=O) groups excluding carboxylic acids is 1. The first-order valence-corrected chi connectivity index (χ1v) is 5.95.